The normalized spacial score (nSPS) is 28.1. The maximum Gasteiger partial charge on any atom is 0.196 e. The summed E-state index contributed by atoms with van der Waals surface area (Å²) in [6.07, 6.45) is 3.23. The van der Waals surface area contributed by atoms with Gasteiger partial charge in [-0.15, -0.1) is 0 Å². The Balaban J connectivity index is 1.62. The van der Waals surface area contributed by atoms with Crippen LogP contribution >= 0.6 is 0 Å². The number of hydrogen-bond acceptors (Lipinski definition) is 3. The zero-order valence-electron chi connectivity index (χ0n) is 18.0. The lowest BCUT2D eigenvalue weighted by Gasteiger charge is -2.56. The molecule has 3 atom stereocenters. The number of rotatable bonds is 2. The molecule has 6 rings (SSSR count). The smallest absolute Gasteiger partial charge is 0.196 e. The third-order valence-electron chi connectivity index (χ3n) is 6.95. The van der Waals surface area contributed by atoms with Crippen molar-refractivity contribution in [1.82, 2.24) is 0 Å². The molecule has 1 fully saturated rings. The number of allylic oxidation sites excluding steroid dienone is 1. The number of fused-ring (bicyclic) bond motifs is 2. The molecule has 3 aromatic rings. The molecule has 0 aliphatic carbocycles. The van der Waals surface area contributed by atoms with Gasteiger partial charge in [0.1, 0.15) is 5.75 Å². The largest absolute Gasteiger partial charge is 0.465 e. The Morgan fingerprint density at radius 3 is 2.29 bits per heavy atom. The maximum atomic E-state index is 6.95. The van der Waals surface area contributed by atoms with Crippen LogP contribution in [0.5, 0.6) is 5.75 Å². The van der Waals surface area contributed by atoms with Crippen LogP contribution in [0.25, 0.3) is 5.70 Å². The summed E-state index contributed by atoms with van der Waals surface area (Å²) in [5.74, 6) is 1.35. The molecule has 3 aliphatic heterocycles. The van der Waals surface area contributed by atoms with Crippen LogP contribution in [0.3, 0.4) is 0 Å². The lowest BCUT2D eigenvalue weighted by molar-refractivity contribution is -0.165. The second-order valence-corrected chi connectivity index (χ2v) is 9.46. The van der Waals surface area contributed by atoms with Crippen molar-refractivity contribution in [2.24, 2.45) is 5.92 Å². The van der Waals surface area contributed by atoms with Gasteiger partial charge < -0.3 is 9.47 Å². The number of ether oxygens (including phenoxy) is 2. The Morgan fingerprint density at radius 2 is 1.52 bits per heavy atom. The van der Waals surface area contributed by atoms with E-state index < -0.39 is 5.72 Å². The first kappa shape index (κ1) is 18.7. The van der Waals surface area contributed by atoms with Gasteiger partial charge in [0.15, 0.2) is 5.72 Å². The minimum absolute atomic E-state index is 0.183. The van der Waals surface area contributed by atoms with Crippen molar-refractivity contribution in [3.8, 4) is 5.75 Å². The number of para-hydroxylation sites is 2. The quantitative estimate of drug-likeness (QED) is 0.500. The molecule has 0 amide bonds. The van der Waals surface area contributed by atoms with Crippen LogP contribution in [0.1, 0.15) is 37.3 Å². The van der Waals surface area contributed by atoms with Gasteiger partial charge in [-0.25, -0.2) is 0 Å². The van der Waals surface area contributed by atoms with Crippen molar-refractivity contribution in [1.29, 1.82) is 0 Å². The third kappa shape index (κ3) is 2.84. The molecule has 0 N–H and O–H groups in total. The van der Waals surface area contributed by atoms with Crippen molar-refractivity contribution in [3.05, 3.63) is 102 Å². The number of benzene rings is 3. The Bertz CT molecular complexity index is 1140. The standard InChI is InChI=1S/C28H27NO2/c1-27(2)19-28-23(18-30-27)22(20-11-5-3-6-12-20)17-25(21-13-7-4-8-14-21)29(28)24-15-9-10-16-26(24)31-28/h3-17,22-23H,18-19H2,1-2H3/t22-,23-,28+/m0/s1. The van der Waals surface area contributed by atoms with E-state index in [-0.39, 0.29) is 17.4 Å². The van der Waals surface area contributed by atoms with Gasteiger partial charge in [0.2, 0.25) is 0 Å². The number of anilines is 1. The molecule has 3 aromatic carbocycles. The monoisotopic (exact) mass is 409 g/mol. The molecule has 1 spiro atoms. The summed E-state index contributed by atoms with van der Waals surface area (Å²) in [4.78, 5) is 2.46. The van der Waals surface area contributed by atoms with Gasteiger partial charge >= 0.3 is 0 Å². The summed E-state index contributed by atoms with van der Waals surface area (Å²) >= 11 is 0. The lowest BCUT2D eigenvalue weighted by atomic mass is 9.70. The minimum Gasteiger partial charge on any atom is -0.465 e. The Morgan fingerprint density at radius 1 is 0.839 bits per heavy atom. The predicted octanol–water partition coefficient (Wildman–Crippen LogP) is 6.24. The molecular weight excluding hydrogens is 382 g/mol. The molecule has 0 unspecified atom stereocenters. The zero-order valence-corrected chi connectivity index (χ0v) is 18.0. The van der Waals surface area contributed by atoms with Crippen molar-refractivity contribution in [2.45, 2.75) is 37.5 Å². The van der Waals surface area contributed by atoms with E-state index in [1.807, 2.05) is 0 Å². The summed E-state index contributed by atoms with van der Waals surface area (Å²) in [6.45, 7) is 5.02. The summed E-state index contributed by atoms with van der Waals surface area (Å²) in [5.41, 5.74) is 4.14. The SMILES string of the molecule is CC1(C)C[C@]23Oc4ccccc4N2C(c2ccccc2)=C[C@@H](c2ccccc2)[C@@H]3CO1. The van der Waals surface area contributed by atoms with Crippen LogP contribution in [-0.2, 0) is 4.74 Å². The predicted molar refractivity (Wildman–Crippen MR) is 124 cm³/mol. The number of hydrogen-bond donors (Lipinski definition) is 0. The topological polar surface area (TPSA) is 21.7 Å². The van der Waals surface area contributed by atoms with Gasteiger partial charge in [-0.1, -0.05) is 78.9 Å². The van der Waals surface area contributed by atoms with E-state index in [1.165, 1.54) is 16.8 Å². The second-order valence-electron chi connectivity index (χ2n) is 9.46. The van der Waals surface area contributed by atoms with Gasteiger partial charge in [-0.2, -0.15) is 0 Å². The lowest BCUT2D eigenvalue weighted by Crippen LogP contribution is -2.65. The maximum absolute atomic E-state index is 6.95. The average molecular weight is 410 g/mol. The molecule has 0 saturated carbocycles. The van der Waals surface area contributed by atoms with E-state index in [0.29, 0.717) is 6.61 Å². The van der Waals surface area contributed by atoms with E-state index in [0.717, 1.165) is 17.9 Å². The van der Waals surface area contributed by atoms with Crippen LogP contribution in [0.4, 0.5) is 5.69 Å². The Kier molecular flexibility index (Phi) is 4.06. The van der Waals surface area contributed by atoms with E-state index in [1.54, 1.807) is 0 Å². The molecule has 1 saturated heterocycles. The van der Waals surface area contributed by atoms with E-state index in [4.69, 9.17) is 9.47 Å². The summed E-state index contributed by atoms with van der Waals surface area (Å²) in [7, 11) is 0. The molecule has 0 radical (unpaired) electrons. The molecule has 31 heavy (non-hydrogen) atoms. The molecule has 3 aliphatic rings. The fourth-order valence-corrected chi connectivity index (χ4v) is 5.68. The minimum atomic E-state index is -0.480. The Hall–Kier alpha value is -3.04. The van der Waals surface area contributed by atoms with Gasteiger partial charge in [-0.05, 0) is 37.1 Å². The number of nitrogens with zero attached hydrogens (tertiary/aromatic N) is 1. The molecule has 3 heterocycles. The van der Waals surface area contributed by atoms with Gasteiger partial charge in [0, 0.05) is 18.0 Å². The van der Waals surface area contributed by atoms with Crippen molar-refractivity contribution < 1.29 is 9.47 Å². The van der Waals surface area contributed by atoms with Crippen molar-refractivity contribution >= 4 is 11.4 Å². The molecule has 0 bridgehead atoms. The molecule has 3 heteroatoms. The summed E-state index contributed by atoms with van der Waals surface area (Å²) in [5, 5.41) is 0. The highest BCUT2D eigenvalue weighted by Crippen LogP contribution is 2.59. The highest BCUT2D eigenvalue weighted by Gasteiger charge is 2.62. The van der Waals surface area contributed by atoms with Crippen LogP contribution in [0.2, 0.25) is 0 Å². The van der Waals surface area contributed by atoms with Crippen LogP contribution < -0.4 is 9.64 Å². The highest BCUT2D eigenvalue weighted by molar-refractivity contribution is 5.87. The summed E-state index contributed by atoms with van der Waals surface area (Å²) in [6, 6.07) is 30.0. The molecule has 156 valence electrons. The van der Waals surface area contributed by atoms with Gasteiger partial charge in [-0.3, -0.25) is 4.90 Å². The molecule has 3 nitrogen and oxygen atoms in total. The first-order valence-electron chi connectivity index (χ1n) is 11.1. The Labute approximate surface area is 183 Å². The van der Waals surface area contributed by atoms with E-state index >= 15 is 0 Å². The first-order valence-corrected chi connectivity index (χ1v) is 11.1. The van der Waals surface area contributed by atoms with E-state index in [9.17, 15) is 0 Å². The molecule has 0 aromatic heterocycles. The van der Waals surface area contributed by atoms with Crippen LogP contribution in [0, 0.1) is 5.92 Å². The highest BCUT2D eigenvalue weighted by atomic mass is 16.6. The third-order valence-corrected chi connectivity index (χ3v) is 6.95. The fraction of sp³-hybridized carbons (Fsp3) is 0.286. The van der Waals surface area contributed by atoms with Crippen LogP contribution in [0.15, 0.2) is 91.0 Å². The first-order chi connectivity index (χ1) is 15.1. The fourth-order valence-electron chi connectivity index (χ4n) is 5.68. The van der Waals surface area contributed by atoms with Crippen molar-refractivity contribution in [2.75, 3.05) is 11.5 Å². The van der Waals surface area contributed by atoms with Gasteiger partial charge in [0.05, 0.1) is 23.8 Å². The second kappa shape index (κ2) is 6.73. The molecular formula is C28H27NO2. The van der Waals surface area contributed by atoms with Gasteiger partial charge in [0.25, 0.3) is 0 Å². The zero-order chi connectivity index (χ0) is 21.1. The summed E-state index contributed by atoms with van der Waals surface area (Å²) < 4.78 is 13.3. The van der Waals surface area contributed by atoms with Crippen LogP contribution in [-0.4, -0.2) is 17.9 Å². The average Bonchev–Trinajstić information content (AvgIpc) is 3.11. The van der Waals surface area contributed by atoms with E-state index in [2.05, 4.69) is 110 Å². The van der Waals surface area contributed by atoms with Crippen molar-refractivity contribution in [3.63, 3.8) is 0 Å².